The number of nitrogens with one attached hydrogen (secondary N) is 1. The van der Waals surface area contributed by atoms with Crippen LogP contribution in [0.2, 0.25) is 0 Å². The molecule has 0 aromatic rings. The lowest BCUT2D eigenvalue weighted by molar-refractivity contribution is -0.127. The van der Waals surface area contributed by atoms with E-state index in [0.717, 1.165) is 0 Å². The van der Waals surface area contributed by atoms with E-state index in [1.54, 1.807) is 6.92 Å². The van der Waals surface area contributed by atoms with Crippen LogP contribution in [0.3, 0.4) is 0 Å². The minimum atomic E-state index is -0.275. The Balaban J connectivity index is 3.61. The number of carbonyl (C=O) groups excluding carboxylic acids is 2. The number of hydrogen-bond donors (Lipinski definition) is 2. The first kappa shape index (κ1) is 11.1. The zero-order chi connectivity index (χ0) is 9.56. The van der Waals surface area contributed by atoms with Crippen molar-refractivity contribution in [2.24, 2.45) is 0 Å². The fraction of sp³-hybridized carbons (Fsp3) is 0.750. The molecule has 70 valence electrons. The molecule has 12 heavy (non-hydrogen) atoms. The van der Waals surface area contributed by atoms with Gasteiger partial charge in [-0.1, -0.05) is 0 Å². The fourth-order valence-electron chi connectivity index (χ4n) is 0.818. The van der Waals surface area contributed by atoms with Crippen molar-refractivity contribution in [2.45, 2.75) is 32.7 Å². The summed E-state index contributed by atoms with van der Waals surface area (Å²) in [5.74, 6) is -0.424. The van der Waals surface area contributed by atoms with E-state index in [4.69, 9.17) is 5.11 Å². The second-order valence-electron chi connectivity index (χ2n) is 2.86. The zero-order valence-corrected chi connectivity index (χ0v) is 7.46. The van der Waals surface area contributed by atoms with Crippen LogP contribution in [0.5, 0.6) is 0 Å². The van der Waals surface area contributed by atoms with Gasteiger partial charge in [-0.3, -0.25) is 9.59 Å². The van der Waals surface area contributed by atoms with Crippen LogP contribution >= 0.6 is 0 Å². The Labute approximate surface area is 72.0 Å². The van der Waals surface area contributed by atoms with Crippen molar-refractivity contribution in [3.63, 3.8) is 0 Å². The first-order valence-electron chi connectivity index (χ1n) is 3.96. The molecule has 0 aliphatic carbocycles. The zero-order valence-electron chi connectivity index (χ0n) is 7.46. The summed E-state index contributed by atoms with van der Waals surface area (Å²) in [4.78, 5) is 21.4. The maximum Gasteiger partial charge on any atom is 0.227 e. The van der Waals surface area contributed by atoms with Crippen LogP contribution in [-0.2, 0) is 9.59 Å². The Morgan fingerprint density at radius 1 is 1.50 bits per heavy atom. The topological polar surface area (TPSA) is 66.4 Å². The second-order valence-corrected chi connectivity index (χ2v) is 2.86. The predicted octanol–water partition coefficient (Wildman–Crippen LogP) is -0.147. The summed E-state index contributed by atoms with van der Waals surface area (Å²) in [5.41, 5.74) is 0. The summed E-state index contributed by atoms with van der Waals surface area (Å²) in [6, 6.07) is -0.0677. The molecule has 0 radical (unpaired) electrons. The largest absolute Gasteiger partial charge is 0.396 e. The molecule has 0 saturated carbocycles. The van der Waals surface area contributed by atoms with E-state index in [-0.39, 0.29) is 30.8 Å². The van der Waals surface area contributed by atoms with Crippen molar-refractivity contribution in [1.29, 1.82) is 0 Å². The number of ketones is 1. The molecule has 2 N–H and O–H groups in total. The lowest BCUT2D eigenvalue weighted by atomic mass is 10.2. The Morgan fingerprint density at radius 3 is 2.50 bits per heavy atom. The molecule has 4 heteroatoms. The summed E-state index contributed by atoms with van der Waals surface area (Å²) < 4.78 is 0. The fourth-order valence-corrected chi connectivity index (χ4v) is 0.818. The van der Waals surface area contributed by atoms with Crippen LogP contribution in [0.15, 0.2) is 0 Å². The summed E-state index contributed by atoms with van der Waals surface area (Å²) in [6.45, 7) is 3.20. The summed E-state index contributed by atoms with van der Waals surface area (Å²) in [7, 11) is 0. The molecule has 0 spiro atoms. The molecular formula is C8H15NO3. The van der Waals surface area contributed by atoms with Gasteiger partial charge in [-0.25, -0.2) is 0 Å². The van der Waals surface area contributed by atoms with E-state index in [1.807, 2.05) is 0 Å². The van der Waals surface area contributed by atoms with E-state index in [2.05, 4.69) is 5.32 Å². The molecule has 4 nitrogen and oxygen atoms in total. The van der Waals surface area contributed by atoms with Gasteiger partial charge in [0, 0.05) is 12.6 Å². The van der Waals surface area contributed by atoms with E-state index in [0.29, 0.717) is 6.42 Å². The highest BCUT2D eigenvalue weighted by atomic mass is 16.3. The van der Waals surface area contributed by atoms with Crippen LogP contribution in [0.1, 0.15) is 26.7 Å². The molecule has 1 atom stereocenters. The average molecular weight is 173 g/mol. The Bertz CT molecular complexity index is 168. The monoisotopic (exact) mass is 173 g/mol. The molecule has 0 saturated heterocycles. The molecule has 0 heterocycles. The summed E-state index contributed by atoms with van der Waals surface area (Å²) in [5, 5.41) is 11.1. The smallest absolute Gasteiger partial charge is 0.227 e. The maximum absolute atomic E-state index is 10.9. The van der Waals surface area contributed by atoms with Gasteiger partial charge in [0.1, 0.15) is 5.78 Å². The Morgan fingerprint density at radius 2 is 2.08 bits per heavy atom. The molecule has 1 unspecified atom stereocenters. The molecule has 0 aromatic carbocycles. The molecule has 0 aliphatic heterocycles. The van der Waals surface area contributed by atoms with Gasteiger partial charge in [-0.2, -0.15) is 0 Å². The standard InChI is InChI=1S/C8H15NO3/c1-6(3-4-10)9-8(12)5-7(2)11/h6,10H,3-5H2,1-2H3,(H,9,12). The molecule has 0 fully saturated rings. The third-order valence-electron chi connectivity index (χ3n) is 1.38. The summed E-state index contributed by atoms with van der Waals surface area (Å²) in [6.07, 6.45) is 0.444. The lowest BCUT2D eigenvalue weighted by Crippen LogP contribution is -2.34. The normalized spacial score (nSPS) is 12.2. The number of rotatable bonds is 5. The van der Waals surface area contributed by atoms with Gasteiger partial charge in [-0.05, 0) is 20.3 Å². The van der Waals surface area contributed by atoms with Gasteiger partial charge in [0.05, 0.1) is 6.42 Å². The van der Waals surface area contributed by atoms with Crippen LogP contribution in [0, 0.1) is 0 Å². The van der Waals surface area contributed by atoms with Crippen molar-refractivity contribution in [1.82, 2.24) is 5.32 Å². The number of amides is 1. The van der Waals surface area contributed by atoms with E-state index >= 15 is 0 Å². The SMILES string of the molecule is CC(=O)CC(=O)NC(C)CCO. The molecule has 0 bridgehead atoms. The third kappa shape index (κ3) is 5.85. The molecule has 1 amide bonds. The Kier molecular flexibility index (Phi) is 5.28. The number of Topliss-reactive ketones (excluding diaryl/α,β-unsaturated/α-hetero) is 1. The highest BCUT2D eigenvalue weighted by molar-refractivity contribution is 5.96. The number of aliphatic hydroxyl groups is 1. The van der Waals surface area contributed by atoms with Crippen LogP contribution < -0.4 is 5.32 Å². The number of carbonyl (C=O) groups is 2. The predicted molar refractivity (Wildman–Crippen MR) is 44.6 cm³/mol. The quantitative estimate of drug-likeness (QED) is 0.568. The van der Waals surface area contributed by atoms with Gasteiger partial charge in [0.15, 0.2) is 0 Å². The molecular weight excluding hydrogens is 158 g/mol. The van der Waals surface area contributed by atoms with Crippen molar-refractivity contribution < 1.29 is 14.7 Å². The first-order chi connectivity index (χ1) is 5.56. The van der Waals surface area contributed by atoms with Crippen LogP contribution in [0.25, 0.3) is 0 Å². The highest BCUT2D eigenvalue weighted by Crippen LogP contribution is 1.90. The van der Waals surface area contributed by atoms with E-state index < -0.39 is 0 Å². The highest BCUT2D eigenvalue weighted by Gasteiger charge is 2.07. The van der Waals surface area contributed by atoms with Crippen molar-refractivity contribution >= 4 is 11.7 Å². The molecule has 0 aromatic heterocycles. The number of aliphatic hydroxyl groups excluding tert-OH is 1. The molecule has 0 rings (SSSR count). The number of hydrogen-bond acceptors (Lipinski definition) is 3. The minimum absolute atomic E-state index is 0.0432. The first-order valence-corrected chi connectivity index (χ1v) is 3.96. The van der Waals surface area contributed by atoms with Gasteiger partial charge < -0.3 is 10.4 Å². The van der Waals surface area contributed by atoms with Crippen molar-refractivity contribution in [3.05, 3.63) is 0 Å². The average Bonchev–Trinajstić information content (AvgIpc) is 1.84. The van der Waals surface area contributed by atoms with Gasteiger partial charge in [0.2, 0.25) is 5.91 Å². The van der Waals surface area contributed by atoms with E-state index in [1.165, 1.54) is 6.92 Å². The van der Waals surface area contributed by atoms with Crippen LogP contribution in [-0.4, -0.2) is 29.4 Å². The van der Waals surface area contributed by atoms with E-state index in [9.17, 15) is 9.59 Å². The maximum atomic E-state index is 10.9. The van der Waals surface area contributed by atoms with Crippen LogP contribution in [0.4, 0.5) is 0 Å². The van der Waals surface area contributed by atoms with Crippen molar-refractivity contribution in [3.8, 4) is 0 Å². The minimum Gasteiger partial charge on any atom is -0.396 e. The van der Waals surface area contributed by atoms with Gasteiger partial charge in [-0.15, -0.1) is 0 Å². The van der Waals surface area contributed by atoms with Crippen molar-refractivity contribution in [2.75, 3.05) is 6.61 Å². The summed E-state index contributed by atoms with van der Waals surface area (Å²) >= 11 is 0. The lowest BCUT2D eigenvalue weighted by Gasteiger charge is -2.10. The third-order valence-corrected chi connectivity index (χ3v) is 1.38. The van der Waals surface area contributed by atoms with Gasteiger partial charge >= 0.3 is 0 Å². The molecule has 0 aliphatic rings. The van der Waals surface area contributed by atoms with Gasteiger partial charge in [0.25, 0.3) is 0 Å². The second kappa shape index (κ2) is 5.71. The Hall–Kier alpha value is -0.900.